The van der Waals surface area contributed by atoms with Crippen LogP contribution >= 0.6 is 0 Å². The van der Waals surface area contributed by atoms with E-state index in [9.17, 15) is 5.11 Å². The van der Waals surface area contributed by atoms with Crippen LogP contribution in [0.15, 0.2) is 45.5 Å². The van der Waals surface area contributed by atoms with Crippen LogP contribution in [0.5, 0.6) is 0 Å². The summed E-state index contributed by atoms with van der Waals surface area (Å²) in [7, 11) is 0. The first-order chi connectivity index (χ1) is 9.74. The van der Waals surface area contributed by atoms with Crippen molar-refractivity contribution in [2.45, 2.75) is 19.4 Å². The highest BCUT2D eigenvalue weighted by atomic mass is 16.5. The Morgan fingerprint density at radius 1 is 1.20 bits per heavy atom. The monoisotopic (exact) mass is 271 g/mol. The normalized spacial score (nSPS) is 12.5. The summed E-state index contributed by atoms with van der Waals surface area (Å²) >= 11 is 0. The highest BCUT2D eigenvalue weighted by molar-refractivity contribution is 5.21. The average Bonchev–Trinajstić information content (AvgIpc) is 3.08. The molecule has 0 radical (unpaired) electrons. The van der Waals surface area contributed by atoms with Crippen LogP contribution in [-0.4, -0.2) is 20.5 Å². The second-order valence-electron chi connectivity index (χ2n) is 4.45. The number of aryl methyl sites for hydroxylation is 1. The molecule has 0 unspecified atom stereocenters. The summed E-state index contributed by atoms with van der Waals surface area (Å²) in [5.41, 5.74) is 2.19. The van der Waals surface area contributed by atoms with Gasteiger partial charge in [-0.15, -0.1) is 10.2 Å². The molecule has 3 aromatic rings. The molecule has 0 amide bonds. The number of benzene rings is 1. The third-order valence-electron chi connectivity index (χ3n) is 3.00. The van der Waals surface area contributed by atoms with Gasteiger partial charge in [-0.25, -0.2) is 0 Å². The lowest BCUT2D eigenvalue weighted by Crippen LogP contribution is -2.00. The Bertz CT molecular complexity index is 691. The molecule has 102 valence electrons. The van der Waals surface area contributed by atoms with Crippen molar-refractivity contribution in [3.05, 3.63) is 65.2 Å². The molecule has 2 aromatic heterocycles. The number of aliphatic hydroxyl groups is 1. The lowest BCUT2D eigenvalue weighted by molar-refractivity contribution is 0.179. The second-order valence-corrected chi connectivity index (χ2v) is 4.45. The molecule has 1 N–H and O–H groups in total. The summed E-state index contributed by atoms with van der Waals surface area (Å²) in [5.74, 6) is 0.599. The van der Waals surface area contributed by atoms with Crippen molar-refractivity contribution in [3.63, 3.8) is 0 Å². The molecule has 2 heterocycles. The van der Waals surface area contributed by atoms with E-state index in [-0.39, 0.29) is 5.89 Å². The van der Waals surface area contributed by atoms with Crippen LogP contribution in [0.1, 0.15) is 34.7 Å². The maximum Gasteiger partial charge on any atom is 0.249 e. The van der Waals surface area contributed by atoms with Crippen molar-refractivity contribution in [1.82, 2.24) is 15.4 Å². The van der Waals surface area contributed by atoms with Gasteiger partial charge in [-0.2, -0.15) is 0 Å². The molecule has 0 saturated carbocycles. The molecule has 1 atom stereocenters. The zero-order valence-corrected chi connectivity index (χ0v) is 10.9. The Balaban J connectivity index is 1.79. The Kier molecular flexibility index (Phi) is 3.30. The number of aliphatic hydroxyl groups excluding tert-OH is 1. The molecular formula is C14H13N3O3. The Morgan fingerprint density at radius 2 is 2.00 bits per heavy atom. The predicted octanol–water partition coefficient (Wildman–Crippen LogP) is 2.04. The van der Waals surface area contributed by atoms with Gasteiger partial charge in [-0.05, 0) is 12.5 Å². The Morgan fingerprint density at radius 3 is 2.70 bits per heavy atom. The molecular weight excluding hydrogens is 258 g/mol. The number of rotatable bonds is 4. The van der Waals surface area contributed by atoms with E-state index in [1.165, 1.54) is 6.26 Å². The lowest BCUT2D eigenvalue weighted by atomic mass is 10.1. The fourth-order valence-corrected chi connectivity index (χ4v) is 1.91. The summed E-state index contributed by atoms with van der Waals surface area (Å²) in [6.07, 6.45) is 0.892. The standard InChI is InChI=1S/C14H13N3O3/c1-9-11(8-19-17-9)13(18)14-16-15-12(20-14)7-10-5-3-2-4-6-10/h2-6,8,13,18H,7H2,1H3/t13-/m1/s1. The van der Waals surface area contributed by atoms with Gasteiger partial charge in [-0.3, -0.25) is 0 Å². The summed E-state index contributed by atoms with van der Waals surface area (Å²) in [4.78, 5) is 0. The first-order valence-corrected chi connectivity index (χ1v) is 6.19. The molecule has 0 saturated heterocycles. The molecule has 0 spiro atoms. The fourth-order valence-electron chi connectivity index (χ4n) is 1.91. The van der Waals surface area contributed by atoms with Gasteiger partial charge < -0.3 is 14.0 Å². The number of nitrogens with zero attached hydrogens (tertiary/aromatic N) is 3. The zero-order valence-electron chi connectivity index (χ0n) is 10.9. The van der Waals surface area contributed by atoms with Gasteiger partial charge in [0.25, 0.3) is 0 Å². The van der Waals surface area contributed by atoms with E-state index in [2.05, 4.69) is 15.4 Å². The summed E-state index contributed by atoms with van der Waals surface area (Å²) in [5, 5.41) is 21.7. The quantitative estimate of drug-likeness (QED) is 0.781. The molecule has 0 aliphatic rings. The largest absolute Gasteiger partial charge is 0.422 e. The third-order valence-corrected chi connectivity index (χ3v) is 3.00. The molecule has 0 aliphatic heterocycles. The molecule has 6 heteroatoms. The fraction of sp³-hybridized carbons (Fsp3) is 0.214. The molecule has 0 fully saturated rings. The number of hydrogen-bond acceptors (Lipinski definition) is 6. The van der Waals surface area contributed by atoms with Crippen LogP contribution in [0, 0.1) is 6.92 Å². The van der Waals surface area contributed by atoms with Crippen molar-refractivity contribution in [2.75, 3.05) is 0 Å². The highest BCUT2D eigenvalue weighted by Gasteiger charge is 2.22. The van der Waals surface area contributed by atoms with Crippen LogP contribution < -0.4 is 0 Å². The van der Waals surface area contributed by atoms with Gasteiger partial charge in [0.05, 0.1) is 17.7 Å². The highest BCUT2D eigenvalue weighted by Crippen LogP contribution is 2.23. The molecule has 1 aromatic carbocycles. The van der Waals surface area contributed by atoms with E-state index in [1.54, 1.807) is 6.92 Å². The summed E-state index contributed by atoms with van der Waals surface area (Å²) < 4.78 is 10.3. The predicted molar refractivity (Wildman–Crippen MR) is 68.8 cm³/mol. The van der Waals surface area contributed by atoms with Gasteiger partial charge in [0.15, 0.2) is 6.10 Å². The van der Waals surface area contributed by atoms with Crippen molar-refractivity contribution >= 4 is 0 Å². The molecule has 20 heavy (non-hydrogen) atoms. The van der Waals surface area contributed by atoms with Gasteiger partial charge in [-0.1, -0.05) is 35.5 Å². The van der Waals surface area contributed by atoms with Gasteiger partial charge in [0, 0.05) is 0 Å². The van der Waals surface area contributed by atoms with Crippen molar-refractivity contribution < 1.29 is 14.0 Å². The van der Waals surface area contributed by atoms with E-state index in [0.717, 1.165) is 5.56 Å². The summed E-state index contributed by atoms with van der Waals surface area (Å²) in [6, 6.07) is 9.79. The third kappa shape index (κ3) is 2.46. The molecule has 3 rings (SSSR count). The Hall–Kier alpha value is -2.47. The summed E-state index contributed by atoms with van der Waals surface area (Å²) in [6.45, 7) is 1.74. The van der Waals surface area contributed by atoms with E-state index in [4.69, 9.17) is 8.94 Å². The minimum atomic E-state index is -1.02. The van der Waals surface area contributed by atoms with E-state index < -0.39 is 6.10 Å². The SMILES string of the molecule is Cc1nocc1[C@@H](O)c1nnc(Cc2ccccc2)o1. The van der Waals surface area contributed by atoms with Crippen LogP contribution in [0.4, 0.5) is 0 Å². The van der Waals surface area contributed by atoms with Crippen LogP contribution in [0.25, 0.3) is 0 Å². The van der Waals surface area contributed by atoms with Crippen LogP contribution in [0.2, 0.25) is 0 Å². The van der Waals surface area contributed by atoms with E-state index >= 15 is 0 Å². The van der Waals surface area contributed by atoms with Crippen molar-refractivity contribution in [1.29, 1.82) is 0 Å². The number of hydrogen-bond donors (Lipinski definition) is 1. The molecule has 0 aliphatic carbocycles. The Labute approximate surface area is 115 Å². The van der Waals surface area contributed by atoms with Crippen LogP contribution in [-0.2, 0) is 6.42 Å². The minimum Gasteiger partial charge on any atom is -0.422 e. The van der Waals surface area contributed by atoms with Gasteiger partial charge in [0.2, 0.25) is 11.8 Å². The minimum absolute atomic E-state index is 0.141. The molecule has 6 nitrogen and oxygen atoms in total. The van der Waals surface area contributed by atoms with Gasteiger partial charge in [0.1, 0.15) is 6.26 Å². The van der Waals surface area contributed by atoms with Crippen LogP contribution in [0.3, 0.4) is 0 Å². The van der Waals surface area contributed by atoms with Crippen molar-refractivity contribution in [2.24, 2.45) is 0 Å². The number of aromatic nitrogens is 3. The lowest BCUT2D eigenvalue weighted by Gasteiger charge is -2.02. The zero-order chi connectivity index (χ0) is 13.9. The van der Waals surface area contributed by atoms with Gasteiger partial charge >= 0.3 is 0 Å². The second kappa shape index (κ2) is 5.26. The first kappa shape index (κ1) is 12.6. The van der Waals surface area contributed by atoms with E-state index in [0.29, 0.717) is 23.6 Å². The topological polar surface area (TPSA) is 85.2 Å². The smallest absolute Gasteiger partial charge is 0.249 e. The first-order valence-electron chi connectivity index (χ1n) is 6.19. The maximum atomic E-state index is 10.1. The molecule has 0 bridgehead atoms. The van der Waals surface area contributed by atoms with E-state index in [1.807, 2.05) is 30.3 Å². The van der Waals surface area contributed by atoms with Crippen molar-refractivity contribution in [3.8, 4) is 0 Å². The average molecular weight is 271 g/mol. The maximum absolute atomic E-state index is 10.1.